The maximum Gasteiger partial charge on any atom is 0.347 e. The molecule has 5 nitrogen and oxygen atoms in total. The van der Waals surface area contributed by atoms with Crippen LogP contribution in [0, 0.1) is 0 Å². The lowest BCUT2D eigenvalue weighted by atomic mass is 10.1. The van der Waals surface area contributed by atoms with Gasteiger partial charge in [0.15, 0.2) is 6.10 Å². The largest absolute Gasteiger partial charge is 0.479 e. The highest BCUT2D eigenvalue weighted by atomic mass is 16.6. The minimum Gasteiger partial charge on any atom is -0.479 e. The van der Waals surface area contributed by atoms with Crippen molar-refractivity contribution in [2.45, 2.75) is 52.7 Å². The number of nitrogens with one attached hydrogen (secondary N) is 1. The Hall–Kier alpha value is -2.82. The number of para-hydroxylation sites is 1. The third-order valence-corrected chi connectivity index (χ3v) is 4.30. The molecule has 0 aliphatic heterocycles. The number of benzene rings is 2. The Morgan fingerprint density at radius 2 is 1.67 bits per heavy atom. The summed E-state index contributed by atoms with van der Waals surface area (Å²) in [6.07, 6.45) is 0.743. The number of rotatable bonds is 8. The van der Waals surface area contributed by atoms with E-state index in [-0.39, 0.29) is 12.0 Å². The fourth-order valence-corrected chi connectivity index (χ4v) is 2.46. The molecular formula is C22H27NO4. The Kier molecular flexibility index (Phi) is 7.41. The summed E-state index contributed by atoms with van der Waals surface area (Å²) in [5.41, 5.74) is 2.41. The van der Waals surface area contributed by atoms with Gasteiger partial charge in [0.05, 0.1) is 6.10 Å². The van der Waals surface area contributed by atoms with Crippen LogP contribution in [0.3, 0.4) is 0 Å². The third-order valence-electron chi connectivity index (χ3n) is 4.30. The van der Waals surface area contributed by atoms with Gasteiger partial charge in [0.1, 0.15) is 5.75 Å². The standard InChI is InChI=1S/C22H27NO4/c1-5-15(3)26-22(25)16(4)27-19-13-11-18(12-14-19)21(24)23-20-10-8-7-9-17(20)6-2/h7-16H,5-6H2,1-4H3,(H,23,24). The van der Waals surface area contributed by atoms with Crippen molar-refractivity contribution >= 4 is 17.6 Å². The first-order valence-electron chi connectivity index (χ1n) is 9.31. The van der Waals surface area contributed by atoms with Crippen molar-refractivity contribution in [2.75, 3.05) is 5.32 Å². The molecule has 0 aliphatic rings. The lowest BCUT2D eigenvalue weighted by Gasteiger charge is -2.17. The molecule has 1 N–H and O–H groups in total. The first-order chi connectivity index (χ1) is 12.9. The van der Waals surface area contributed by atoms with Gasteiger partial charge in [-0.15, -0.1) is 0 Å². The van der Waals surface area contributed by atoms with Crippen molar-refractivity contribution in [3.8, 4) is 5.75 Å². The highest BCUT2D eigenvalue weighted by Crippen LogP contribution is 2.19. The summed E-state index contributed by atoms with van der Waals surface area (Å²) in [7, 11) is 0. The maximum absolute atomic E-state index is 12.5. The molecule has 0 aliphatic carbocycles. The number of carbonyl (C=O) groups excluding carboxylic acids is 2. The van der Waals surface area contributed by atoms with Crippen LogP contribution in [-0.4, -0.2) is 24.1 Å². The van der Waals surface area contributed by atoms with Crippen LogP contribution in [-0.2, 0) is 16.0 Å². The predicted molar refractivity (Wildman–Crippen MR) is 106 cm³/mol. The molecule has 2 atom stereocenters. The van der Waals surface area contributed by atoms with E-state index in [0.717, 1.165) is 24.1 Å². The Morgan fingerprint density at radius 1 is 1.00 bits per heavy atom. The summed E-state index contributed by atoms with van der Waals surface area (Å²) in [6.45, 7) is 7.48. The first kappa shape index (κ1) is 20.5. The van der Waals surface area contributed by atoms with Crippen LogP contribution in [0.15, 0.2) is 48.5 Å². The quantitative estimate of drug-likeness (QED) is 0.690. The predicted octanol–water partition coefficient (Wildman–Crippen LogP) is 4.61. The highest BCUT2D eigenvalue weighted by Gasteiger charge is 2.18. The Labute approximate surface area is 160 Å². The molecule has 0 heterocycles. The van der Waals surface area contributed by atoms with E-state index in [1.165, 1.54) is 0 Å². The average Bonchev–Trinajstić information content (AvgIpc) is 2.68. The number of amides is 1. The Morgan fingerprint density at radius 3 is 2.30 bits per heavy atom. The summed E-state index contributed by atoms with van der Waals surface area (Å²) in [6, 6.07) is 14.4. The Bertz CT molecular complexity index is 770. The molecule has 2 unspecified atom stereocenters. The molecule has 2 rings (SSSR count). The van der Waals surface area contributed by atoms with Crippen LogP contribution in [0.5, 0.6) is 5.75 Å². The monoisotopic (exact) mass is 369 g/mol. The SMILES string of the molecule is CCc1ccccc1NC(=O)c1ccc(OC(C)C(=O)OC(C)CC)cc1. The molecule has 2 aromatic carbocycles. The average molecular weight is 369 g/mol. The van der Waals surface area contributed by atoms with E-state index in [2.05, 4.69) is 5.32 Å². The van der Waals surface area contributed by atoms with Crippen LogP contribution >= 0.6 is 0 Å². The number of carbonyl (C=O) groups is 2. The van der Waals surface area contributed by atoms with E-state index in [0.29, 0.717) is 11.3 Å². The van der Waals surface area contributed by atoms with Gasteiger partial charge in [-0.2, -0.15) is 0 Å². The molecule has 144 valence electrons. The lowest BCUT2D eigenvalue weighted by Crippen LogP contribution is -2.29. The number of hydrogen-bond acceptors (Lipinski definition) is 4. The van der Waals surface area contributed by atoms with Gasteiger partial charge < -0.3 is 14.8 Å². The molecule has 0 aromatic heterocycles. The zero-order valence-corrected chi connectivity index (χ0v) is 16.3. The molecule has 5 heteroatoms. The van der Waals surface area contributed by atoms with Crippen molar-refractivity contribution < 1.29 is 19.1 Å². The highest BCUT2D eigenvalue weighted by molar-refractivity contribution is 6.04. The molecule has 27 heavy (non-hydrogen) atoms. The van der Waals surface area contributed by atoms with Crippen molar-refractivity contribution in [3.05, 3.63) is 59.7 Å². The summed E-state index contributed by atoms with van der Waals surface area (Å²) >= 11 is 0. The molecule has 1 amide bonds. The molecule has 0 fully saturated rings. The van der Waals surface area contributed by atoms with Crippen molar-refractivity contribution in [1.29, 1.82) is 0 Å². The molecule has 0 radical (unpaired) electrons. The number of hydrogen-bond donors (Lipinski definition) is 1. The van der Waals surface area contributed by atoms with Crippen LogP contribution in [0.1, 0.15) is 50.0 Å². The molecule has 0 saturated carbocycles. The minimum absolute atomic E-state index is 0.138. The molecule has 0 saturated heterocycles. The van der Waals surface area contributed by atoms with Crippen molar-refractivity contribution in [3.63, 3.8) is 0 Å². The van der Waals surface area contributed by atoms with Gasteiger partial charge in [0.2, 0.25) is 0 Å². The van der Waals surface area contributed by atoms with E-state index in [1.807, 2.05) is 45.0 Å². The number of esters is 1. The second-order valence-corrected chi connectivity index (χ2v) is 6.41. The van der Waals surface area contributed by atoms with Gasteiger partial charge in [-0.05, 0) is 62.6 Å². The minimum atomic E-state index is -0.713. The first-order valence-corrected chi connectivity index (χ1v) is 9.31. The van der Waals surface area contributed by atoms with Gasteiger partial charge in [0, 0.05) is 11.3 Å². The van der Waals surface area contributed by atoms with Crippen LogP contribution in [0.2, 0.25) is 0 Å². The van der Waals surface area contributed by atoms with Gasteiger partial charge in [-0.1, -0.05) is 32.0 Å². The lowest BCUT2D eigenvalue weighted by molar-refractivity contribution is -0.155. The summed E-state index contributed by atoms with van der Waals surface area (Å²) in [5, 5.41) is 2.93. The fraction of sp³-hybridized carbons (Fsp3) is 0.364. The van der Waals surface area contributed by atoms with Crippen LogP contribution in [0.25, 0.3) is 0 Å². The fourth-order valence-electron chi connectivity index (χ4n) is 2.46. The zero-order valence-electron chi connectivity index (χ0n) is 16.3. The Balaban J connectivity index is 1.98. The van der Waals surface area contributed by atoms with Crippen LogP contribution in [0.4, 0.5) is 5.69 Å². The topological polar surface area (TPSA) is 64.6 Å². The van der Waals surface area contributed by atoms with Gasteiger partial charge in [-0.25, -0.2) is 4.79 Å². The van der Waals surface area contributed by atoms with E-state index < -0.39 is 12.1 Å². The molecule has 0 bridgehead atoms. The van der Waals surface area contributed by atoms with Gasteiger partial charge in [0.25, 0.3) is 5.91 Å². The van der Waals surface area contributed by atoms with E-state index >= 15 is 0 Å². The van der Waals surface area contributed by atoms with Crippen molar-refractivity contribution in [1.82, 2.24) is 0 Å². The number of aryl methyl sites for hydroxylation is 1. The zero-order chi connectivity index (χ0) is 19.8. The number of ether oxygens (including phenoxy) is 2. The van der Waals surface area contributed by atoms with E-state index in [4.69, 9.17) is 9.47 Å². The normalized spacial score (nSPS) is 12.7. The summed E-state index contributed by atoms with van der Waals surface area (Å²) in [4.78, 5) is 24.4. The van der Waals surface area contributed by atoms with Gasteiger partial charge >= 0.3 is 5.97 Å². The second-order valence-electron chi connectivity index (χ2n) is 6.41. The molecule has 2 aromatic rings. The maximum atomic E-state index is 12.5. The summed E-state index contributed by atoms with van der Waals surface area (Å²) in [5.74, 6) is -0.0804. The molecular weight excluding hydrogens is 342 g/mol. The van der Waals surface area contributed by atoms with Crippen molar-refractivity contribution in [2.24, 2.45) is 0 Å². The summed E-state index contributed by atoms with van der Waals surface area (Å²) < 4.78 is 10.9. The van der Waals surface area contributed by atoms with E-state index in [9.17, 15) is 9.59 Å². The number of anilines is 1. The van der Waals surface area contributed by atoms with Crippen LogP contribution < -0.4 is 10.1 Å². The third kappa shape index (κ3) is 5.84. The smallest absolute Gasteiger partial charge is 0.347 e. The van der Waals surface area contributed by atoms with Gasteiger partial charge in [-0.3, -0.25) is 4.79 Å². The van der Waals surface area contributed by atoms with E-state index in [1.54, 1.807) is 31.2 Å². The second kappa shape index (κ2) is 9.76. The molecule has 0 spiro atoms.